The Labute approximate surface area is 203 Å². The average Bonchev–Trinajstić information content (AvgIpc) is 2.87. The third kappa shape index (κ3) is 5.13. The van der Waals surface area contributed by atoms with Crippen LogP contribution in [0.3, 0.4) is 0 Å². The molecule has 2 aromatic heterocycles. The van der Waals surface area contributed by atoms with Gasteiger partial charge in [0.25, 0.3) is 5.91 Å². The van der Waals surface area contributed by atoms with E-state index < -0.39 is 0 Å². The average molecular weight is 471 g/mol. The van der Waals surface area contributed by atoms with E-state index in [2.05, 4.69) is 26.7 Å². The van der Waals surface area contributed by atoms with Crippen LogP contribution in [-0.4, -0.2) is 46.1 Å². The van der Waals surface area contributed by atoms with E-state index in [1.165, 1.54) is 6.20 Å². The molecule has 9 nitrogen and oxygen atoms in total. The standard InChI is InChI=1S/C26H26N6O3/c1-16-11-23(31-25-8-3-18(13-27)14-30-25)21-12-19(5-7-24(21)32(16)17(2)34)20-4-6-22(29-15-20)26(35)28-9-10-33/h3-8,12,14-16,23,33H,9-11H2,1-2H3,(H,28,35)(H,30,31)/t16-,23+/m0/s1. The fraction of sp³-hybridized carbons (Fsp3) is 0.269. The summed E-state index contributed by atoms with van der Waals surface area (Å²) in [6.07, 6.45) is 3.84. The molecule has 178 valence electrons. The van der Waals surface area contributed by atoms with Crippen LogP contribution >= 0.6 is 0 Å². The number of anilines is 2. The highest BCUT2D eigenvalue weighted by molar-refractivity contribution is 5.94. The fourth-order valence-electron chi connectivity index (χ4n) is 4.34. The van der Waals surface area contributed by atoms with E-state index in [0.29, 0.717) is 17.8 Å². The van der Waals surface area contributed by atoms with Gasteiger partial charge in [-0.15, -0.1) is 0 Å². The normalized spacial score (nSPS) is 16.7. The largest absolute Gasteiger partial charge is 0.395 e. The Morgan fingerprint density at radius 1 is 1.14 bits per heavy atom. The van der Waals surface area contributed by atoms with Gasteiger partial charge in [0.2, 0.25) is 5.91 Å². The van der Waals surface area contributed by atoms with Gasteiger partial charge in [0, 0.05) is 43.2 Å². The molecule has 3 aromatic rings. The number of fused-ring (bicyclic) bond motifs is 1. The molecule has 0 bridgehead atoms. The maximum atomic E-state index is 12.4. The molecule has 9 heteroatoms. The Morgan fingerprint density at radius 3 is 2.57 bits per heavy atom. The summed E-state index contributed by atoms with van der Waals surface area (Å²) in [6, 6.07) is 14.8. The van der Waals surface area contributed by atoms with Crippen molar-refractivity contribution >= 4 is 23.3 Å². The summed E-state index contributed by atoms with van der Waals surface area (Å²) in [7, 11) is 0. The molecular weight excluding hydrogens is 444 g/mol. The van der Waals surface area contributed by atoms with Crippen molar-refractivity contribution in [2.45, 2.75) is 32.4 Å². The predicted molar refractivity (Wildman–Crippen MR) is 132 cm³/mol. The van der Waals surface area contributed by atoms with E-state index in [1.54, 1.807) is 36.2 Å². The second kappa shape index (κ2) is 10.3. The second-order valence-electron chi connectivity index (χ2n) is 8.40. The van der Waals surface area contributed by atoms with Crippen molar-refractivity contribution in [2.24, 2.45) is 0 Å². The predicted octanol–water partition coefficient (Wildman–Crippen LogP) is 3.04. The number of benzene rings is 1. The molecule has 0 aliphatic carbocycles. The smallest absolute Gasteiger partial charge is 0.269 e. The highest BCUT2D eigenvalue weighted by atomic mass is 16.3. The fourth-order valence-corrected chi connectivity index (χ4v) is 4.34. The Hall–Kier alpha value is -4.29. The minimum atomic E-state index is -0.346. The van der Waals surface area contributed by atoms with Crippen LogP contribution in [0.5, 0.6) is 0 Å². The molecule has 3 heterocycles. The number of aliphatic hydroxyl groups excluding tert-OH is 1. The Kier molecular flexibility index (Phi) is 7.03. The van der Waals surface area contributed by atoms with Gasteiger partial charge in [-0.2, -0.15) is 5.26 Å². The number of nitriles is 1. The Balaban J connectivity index is 1.67. The van der Waals surface area contributed by atoms with E-state index in [-0.39, 0.29) is 42.7 Å². The molecule has 35 heavy (non-hydrogen) atoms. The van der Waals surface area contributed by atoms with Gasteiger partial charge in [-0.05, 0) is 54.8 Å². The lowest BCUT2D eigenvalue weighted by Gasteiger charge is -2.39. The number of nitrogens with zero attached hydrogens (tertiary/aromatic N) is 4. The number of carbonyl (C=O) groups is 2. The minimum Gasteiger partial charge on any atom is -0.395 e. The molecule has 0 saturated carbocycles. The maximum Gasteiger partial charge on any atom is 0.269 e. The number of pyridine rings is 2. The molecule has 0 fully saturated rings. The van der Waals surface area contributed by atoms with Crippen LogP contribution in [0.1, 0.15) is 47.9 Å². The van der Waals surface area contributed by atoms with Gasteiger partial charge in [-0.25, -0.2) is 4.98 Å². The first-order valence-corrected chi connectivity index (χ1v) is 11.3. The second-order valence-corrected chi connectivity index (χ2v) is 8.40. The molecule has 0 unspecified atom stereocenters. The third-order valence-electron chi connectivity index (χ3n) is 5.96. The summed E-state index contributed by atoms with van der Waals surface area (Å²) in [4.78, 5) is 34.9. The van der Waals surface area contributed by atoms with Gasteiger partial charge in [0.05, 0.1) is 18.2 Å². The number of rotatable bonds is 6. The van der Waals surface area contributed by atoms with Crippen molar-refractivity contribution < 1.29 is 14.7 Å². The van der Waals surface area contributed by atoms with Crippen LogP contribution in [0.15, 0.2) is 54.9 Å². The summed E-state index contributed by atoms with van der Waals surface area (Å²) in [6.45, 7) is 3.61. The lowest BCUT2D eigenvalue weighted by atomic mass is 9.89. The summed E-state index contributed by atoms with van der Waals surface area (Å²) in [5.41, 5.74) is 4.26. The highest BCUT2D eigenvalue weighted by Crippen LogP contribution is 2.40. The van der Waals surface area contributed by atoms with Crippen molar-refractivity contribution in [3.8, 4) is 17.2 Å². The number of hydrogen-bond donors (Lipinski definition) is 3. The van der Waals surface area contributed by atoms with Crippen LogP contribution in [0.4, 0.5) is 11.5 Å². The lowest BCUT2D eigenvalue weighted by molar-refractivity contribution is -0.117. The van der Waals surface area contributed by atoms with Gasteiger partial charge in [-0.1, -0.05) is 12.1 Å². The van der Waals surface area contributed by atoms with Gasteiger partial charge in [0.1, 0.15) is 17.6 Å². The van der Waals surface area contributed by atoms with Crippen LogP contribution in [-0.2, 0) is 4.79 Å². The summed E-state index contributed by atoms with van der Waals surface area (Å²) in [5, 5.41) is 23.9. The SMILES string of the molecule is CC(=O)N1c2ccc(-c3ccc(C(=O)NCCO)nc3)cc2[C@H](Nc2ccc(C#N)cn2)C[C@@H]1C. The van der Waals surface area contributed by atoms with Crippen molar-refractivity contribution in [1.82, 2.24) is 15.3 Å². The first-order valence-electron chi connectivity index (χ1n) is 11.3. The number of hydrogen-bond acceptors (Lipinski definition) is 7. The highest BCUT2D eigenvalue weighted by Gasteiger charge is 2.32. The maximum absolute atomic E-state index is 12.4. The summed E-state index contributed by atoms with van der Waals surface area (Å²) < 4.78 is 0. The van der Waals surface area contributed by atoms with Gasteiger partial charge in [0.15, 0.2) is 0 Å². The van der Waals surface area contributed by atoms with Crippen molar-refractivity contribution in [2.75, 3.05) is 23.4 Å². The van der Waals surface area contributed by atoms with Crippen molar-refractivity contribution in [1.29, 1.82) is 5.26 Å². The Bertz CT molecular complexity index is 1270. The molecular formula is C26H26N6O3. The topological polar surface area (TPSA) is 131 Å². The van der Waals surface area contributed by atoms with Crippen LogP contribution < -0.4 is 15.5 Å². The van der Waals surface area contributed by atoms with E-state index in [4.69, 9.17) is 10.4 Å². The summed E-state index contributed by atoms with van der Waals surface area (Å²) >= 11 is 0. The van der Waals surface area contributed by atoms with Crippen molar-refractivity contribution in [3.63, 3.8) is 0 Å². The quantitative estimate of drug-likeness (QED) is 0.505. The number of aromatic nitrogens is 2. The molecule has 2 atom stereocenters. The molecule has 1 aliphatic heterocycles. The number of carbonyl (C=O) groups excluding carboxylic acids is 2. The molecule has 0 radical (unpaired) electrons. The molecule has 1 aliphatic rings. The summed E-state index contributed by atoms with van der Waals surface area (Å²) in [5.74, 6) is 0.274. The van der Waals surface area contributed by atoms with E-state index >= 15 is 0 Å². The van der Waals surface area contributed by atoms with Gasteiger partial charge < -0.3 is 20.6 Å². The van der Waals surface area contributed by atoms with E-state index in [1.807, 2.05) is 31.2 Å². The van der Waals surface area contributed by atoms with Gasteiger partial charge >= 0.3 is 0 Å². The molecule has 2 amide bonds. The minimum absolute atomic E-state index is 0.0138. The van der Waals surface area contributed by atoms with E-state index in [9.17, 15) is 9.59 Å². The molecule has 4 rings (SSSR count). The van der Waals surface area contributed by atoms with Crippen LogP contribution in [0, 0.1) is 11.3 Å². The van der Waals surface area contributed by atoms with Gasteiger partial charge in [-0.3, -0.25) is 14.6 Å². The molecule has 0 saturated heterocycles. The molecule has 1 aromatic carbocycles. The van der Waals surface area contributed by atoms with Crippen molar-refractivity contribution in [3.05, 3.63) is 71.7 Å². The molecule has 0 spiro atoms. The monoisotopic (exact) mass is 470 g/mol. The number of nitrogens with one attached hydrogen (secondary N) is 2. The molecule has 3 N–H and O–H groups in total. The zero-order valence-electron chi connectivity index (χ0n) is 19.5. The van der Waals surface area contributed by atoms with Crippen LogP contribution in [0.2, 0.25) is 0 Å². The zero-order valence-corrected chi connectivity index (χ0v) is 19.5. The van der Waals surface area contributed by atoms with E-state index in [0.717, 1.165) is 22.4 Å². The third-order valence-corrected chi connectivity index (χ3v) is 5.96. The zero-order chi connectivity index (χ0) is 24.9. The Morgan fingerprint density at radius 2 is 1.94 bits per heavy atom. The lowest BCUT2D eigenvalue weighted by Crippen LogP contribution is -2.43. The van der Waals surface area contributed by atoms with Crippen LogP contribution in [0.25, 0.3) is 11.1 Å². The first-order chi connectivity index (χ1) is 16.9. The number of aliphatic hydroxyl groups is 1. The number of amides is 2. The first kappa shape index (κ1) is 23.9.